The maximum absolute atomic E-state index is 8.66. The van der Waals surface area contributed by atoms with Gasteiger partial charge in [0.1, 0.15) is 0 Å². The number of H-pyrrole nitrogens is 2. The summed E-state index contributed by atoms with van der Waals surface area (Å²) in [4.78, 5) is 27.0. The van der Waals surface area contributed by atoms with Crippen LogP contribution in [0.25, 0.3) is 16.7 Å². The number of fused-ring (bicyclic) bond motifs is 6. The molecule has 8 nitrogen and oxygen atoms in total. The highest BCUT2D eigenvalue weighted by molar-refractivity contribution is 6.41. The average molecular weight is 1710 g/mol. The molecule has 10 heteroatoms. The van der Waals surface area contributed by atoms with E-state index < -0.39 is 9.87 Å². The summed E-state index contributed by atoms with van der Waals surface area (Å²) in [6.07, 6.45) is 125. The lowest BCUT2D eigenvalue weighted by Crippen LogP contribution is -2.42. The molecule has 122 heavy (non-hydrogen) atoms. The molecule has 2 atom stereocenters. The summed E-state index contributed by atoms with van der Waals surface area (Å²) in [6.45, 7) is 16.7. The molecule has 680 valence electrons. The molecule has 0 fully saturated rings. The standard InChI is InChI=1S/C112H178Cl2N8/c1-5-9-13-17-21-25-29-33-37-41-45-49-53-57-61-65-85-119-89-76-97(77-90-119)108-101-69-70-103(115-101)109(98-78-91-120(92-79-98)86-66-62-58-54-50-46-42-38-34-30-26-22-18-14-10-6-2)105-73-74-107(117-105)112(114,100-82-95-122(96-83-100)88-68-64-60-56-52-48-44-40-36-32-28-24-20-16-12-8-4)111(113)84-75-106(118-111)110(104-72-71-102(108)116-104)99-80-93-121(94-81-99)87-67-63-59-55-51-47-43-39-35-31-27-23-19-15-11-7-3/h69-84,89,91,93,95,116-117H,5-68,85-88,90,92,94,96H2,1-4H3/t111-,112-/m1/s1. The average Bonchev–Trinajstić information content (AvgIpc) is 1.55. The van der Waals surface area contributed by atoms with Gasteiger partial charge in [-0.05, 0) is 146 Å². The molecule has 9 heterocycles. The smallest absolute Gasteiger partial charge is 0.181 e. The van der Waals surface area contributed by atoms with E-state index >= 15 is 0 Å². The molecule has 0 spiro atoms. The van der Waals surface area contributed by atoms with Crippen LogP contribution in [-0.4, -0.2) is 98.3 Å². The van der Waals surface area contributed by atoms with Crippen LogP contribution in [0, 0.1) is 0 Å². The molecule has 7 aliphatic rings. The lowest BCUT2D eigenvalue weighted by Gasteiger charge is -2.39. The van der Waals surface area contributed by atoms with Gasteiger partial charge in [-0.1, -0.05) is 449 Å². The number of alkyl halides is 2. The number of halogens is 2. The first-order chi connectivity index (χ1) is 60.2. The molecule has 0 amide bonds. The number of aromatic amines is 2. The van der Waals surface area contributed by atoms with Crippen LogP contribution in [0.5, 0.6) is 0 Å². The first-order valence-corrected chi connectivity index (χ1v) is 53.3. The minimum absolute atomic E-state index is 0.753. The van der Waals surface area contributed by atoms with Crippen molar-refractivity contribution in [2.45, 2.75) is 448 Å². The van der Waals surface area contributed by atoms with Crippen LogP contribution in [0.2, 0.25) is 0 Å². The van der Waals surface area contributed by atoms with E-state index in [2.05, 4.69) is 179 Å². The van der Waals surface area contributed by atoms with E-state index in [0.717, 1.165) is 125 Å². The highest BCUT2D eigenvalue weighted by Crippen LogP contribution is 2.54. The molecule has 2 aromatic heterocycles. The normalized spacial score (nSPS) is 18.2. The Bertz CT molecular complexity index is 3760. The van der Waals surface area contributed by atoms with Gasteiger partial charge in [0.05, 0.1) is 17.1 Å². The SMILES string of the molecule is CCCCCCCCCCCCCCCCCCN1C=CC(C2=C3C=CC(=N3)C(C3=CCN(CCCCCCCCCCCCCCCCCC)C=C3)=c3ccc([nH]3)=C(C3=CCN(CCCCCCCCCCCCCCCCCC)C=C3)C3=N[C@](Cl)(C=C3)[C@@](Cl)(C3=CCN(CCCCCCCCCCCCCCCCCC)C=C3)c3ccc2[nH]3)=CC1. The van der Waals surface area contributed by atoms with Gasteiger partial charge in [-0.2, -0.15) is 0 Å². The number of hydrogen-bond donors (Lipinski definition) is 2. The molecule has 7 aliphatic heterocycles. The summed E-state index contributed by atoms with van der Waals surface area (Å²) in [7, 11) is 0. The van der Waals surface area contributed by atoms with Gasteiger partial charge in [0.25, 0.3) is 0 Å². The number of unbranched alkanes of at least 4 members (excludes halogenated alkanes) is 60. The van der Waals surface area contributed by atoms with Crippen molar-refractivity contribution in [3.63, 3.8) is 0 Å². The van der Waals surface area contributed by atoms with E-state index in [1.807, 2.05) is 0 Å². The van der Waals surface area contributed by atoms with Gasteiger partial charge in [-0.15, -0.1) is 11.6 Å². The molecule has 0 radical (unpaired) electrons. The fraction of sp³-hybridized carbons (Fsp3) is 0.696. The largest absolute Gasteiger partial charge is 0.374 e. The van der Waals surface area contributed by atoms with E-state index in [1.54, 1.807) is 0 Å². The third-order valence-electron chi connectivity index (χ3n) is 27.7. The first kappa shape index (κ1) is 100. The van der Waals surface area contributed by atoms with Crippen LogP contribution in [0.1, 0.15) is 450 Å². The fourth-order valence-corrected chi connectivity index (χ4v) is 20.5. The molecule has 9 rings (SSSR count). The van der Waals surface area contributed by atoms with Gasteiger partial charge in [0, 0.05) is 91.2 Å². The lowest BCUT2D eigenvalue weighted by atomic mass is 9.85. The summed E-state index contributed by atoms with van der Waals surface area (Å²) < 4.78 is 0. The first-order valence-electron chi connectivity index (χ1n) is 52.6. The summed E-state index contributed by atoms with van der Waals surface area (Å²) in [5.74, 6) is 0. The van der Waals surface area contributed by atoms with Gasteiger partial charge in [0.2, 0.25) is 0 Å². The number of allylic oxidation sites excluding steroid dienone is 11. The highest BCUT2D eigenvalue weighted by Gasteiger charge is 2.54. The summed E-state index contributed by atoms with van der Waals surface area (Å²) in [5, 5.41) is 2.02. The predicted molar refractivity (Wildman–Crippen MR) is 537 cm³/mol. The van der Waals surface area contributed by atoms with E-state index in [1.165, 1.54) is 417 Å². The van der Waals surface area contributed by atoms with Gasteiger partial charge in [-0.3, -0.25) is 4.99 Å². The van der Waals surface area contributed by atoms with Crippen molar-refractivity contribution in [1.29, 1.82) is 0 Å². The van der Waals surface area contributed by atoms with Crippen molar-refractivity contribution in [1.82, 2.24) is 29.6 Å². The zero-order valence-electron chi connectivity index (χ0n) is 78.9. The van der Waals surface area contributed by atoms with E-state index in [-0.39, 0.29) is 0 Å². The highest BCUT2D eigenvalue weighted by atomic mass is 35.5. The molecule has 0 unspecified atom stereocenters. The van der Waals surface area contributed by atoms with Crippen molar-refractivity contribution in [3.05, 3.63) is 172 Å². The molecule has 0 aromatic carbocycles. The van der Waals surface area contributed by atoms with Crippen molar-refractivity contribution in [3.8, 4) is 0 Å². The Kier molecular flexibility index (Phi) is 50.9. The van der Waals surface area contributed by atoms with Crippen molar-refractivity contribution < 1.29 is 0 Å². The lowest BCUT2D eigenvalue weighted by molar-refractivity contribution is 0.387. The molecule has 8 bridgehead atoms. The van der Waals surface area contributed by atoms with Gasteiger partial charge >= 0.3 is 0 Å². The minimum atomic E-state index is -1.41. The van der Waals surface area contributed by atoms with E-state index in [9.17, 15) is 0 Å². The minimum Gasteiger partial charge on any atom is -0.374 e. The Labute approximate surface area is 758 Å². The number of aliphatic imine (C=N–C) groups is 2. The Balaban J connectivity index is 0.918. The van der Waals surface area contributed by atoms with Crippen molar-refractivity contribution >= 4 is 51.3 Å². The second-order valence-corrected chi connectivity index (χ2v) is 39.3. The monoisotopic (exact) mass is 1710 g/mol. The predicted octanol–water partition coefficient (Wildman–Crippen LogP) is 32.5. The van der Waals surface area contributed by atoms with Crippen LogP contribution < -0.4 is 10.7 Å². The Morgan fingerprint density at radius 2 is 0.574 bits per heavy atom. The Morgan fingerprint density at radius 1 is 0.287 bits per heavy atom. The molecular formula is C112H178Cl2N8. The molecule has 2 N–H and O–H groups in total. The van der Waals surface area contributed by atoms with Crippen LogP contribution in [0.4, 0.5) is 0 Å². The molecular weight excluding hydrogens is 1530 g/mol. The van der Waals surface area contributed by atoms with Gasteiger partial charge < -0.3 is 29.6 Å². The van der Waals surface area contributed by atoms with Crippen molar-refractivity contribution in [2.24, 2.45) is 9.98 Å². The number of rotatable bonds is 72. The maximum atomic E-state index is 8.66. The fourth-order valence-electron chi connectivity index (χ4n) is 19.8. The molecule has 2 aromatic rings. The molecule has 0 saturated carbocycles. The van der Waals surface area contributed by atoms with E-state index in [0.29, 0.717) is 0 Å². The summed E-state index contributed by atoms with van der Waals surface area (Å²) in [6, 6.07) is 8.98. The van der Waals surface area contributed by atoms with E-state index in [4.69, 9.17) is 33.2 Å². The van der Waals surface area contributed by atoms with Crippen LogP contribution in [0.15, 0.2) is 160 Å². The van der Waals surface area contributed by atoms with Crippen LogP contribution in [0.3, 0.4) is 0 Å². The molecule has 0 aliphatic carbocycles. The van der Waals surface area contributed by atoms with Gasteiger partial charge in [0.15, 0.2) is 9.87 Å². The zero-order valence-corrected chi connectivity index (χ0v) is 80.4. The Morgan fingerprint density at radius 3 is 0.869 bits per heavy atom. The van der Waals surface area contributed by atoms with Gasteiger partial charge in [-0.25, -0.2) is 4.99 Å². The third-order valence-corrected chi connectivity index (χ3v) is 29.0. The number of hydrogen-bond acceptors (Lipinski definition) is 6. The number of aromatic nitrogens is 2. The Hall–Kier alpha value is -5.44. The topological polar surface area (TPSA) is 69.3 Å². The maximum Gasteiger partial charge on any atom is 0.181 e. The second-order valence-electron chi connectivity index (χ2n) is 38.2. The quantitative estimate of drug-likeness (QED) is 0.0393. The number of nitrogens with one attached hydrogen (secondary N) is 2. The zero-order chi connectivity index (χ0) is 85.3. The van der Waals surface area contributed by atoms with Crippen LogP contribution in [-0.2, 0) is 4.87 Å². The summed E-state index contributed by atoms with van der Waals surface area (Å²) in [5.41, 5.74) is 12.0. The second kappa shape index (κ2) is 61.9. The number of nitrogens with zero attached hydrogens (tertiary/aromatic N) is 6. The summed E-state index contributed by atoms with van der Waals surface area (Å²) >= 11 is 17.1. The van der Waals surface area contributed by atoms with Crippen molar-refractivity contribution in [2.75, 3.05) is 52.4 Å². The van der Waals surface area contributed by atoms with Crippen LogP contribution >= 0.6 is 23.2 Å². The third kappa shape index (κ3) is 36.4. The molecule has 0 saturated heterocycles.